The summed E-state index contributed by atoms with van der Waals surface area (Å²) in [6.07, 6.45) is 0.348. The van der Waals surface area contributed by atoms with Gasteiger partial charge in [0.25, 0.3) is 0 Å². The summed E-state index contributed by atoms with van der Waals surface area (Å²) in [6.45, 7) is 3.71. The molecule has 0 spiro atoms. The SMILES string of the molecule is COc1ccc(C)c(-n2c(OC(N)=O)c(C#N)c3cnc(Cl)nc32)c1C. The third-order valence-corrected chi connectivity index (χ3v) is 4.16. The van der Waals surface area contributed by atoms with Crippen molar-refractivity contribution in [3.8, 4) is 23.4 Å². The molecule has 0 aliphatic heterocycles. The van der Waals surface area contributed by atoms with E-state index in [1.54, 1.807) is 7.11 Å². The molecule has 9 heteroatoms. The van der Waals surface area contributed by atoms with E-state index in [0.717, 1.165) is 11.1 Å². The number of aryl methyl sites for hydroxylation is 1. The molecule has 132 valence electrons. The summed E-state index contributed by atoms with van der Waals surface area (Å²) < 4.78 is 12.1. The average Bonchev–Trinajstić information content (AvgIpc) is 2.87. The van der Waals surface area contributed by atoms with Crippen LogP contribution in [0.15, 0.2) is 18.3 Å². The quantitative estimate of drug-likeness (QED) is 0.707. The average molecular weight is 372 g/mol. The van der Waals surface area contributed by atoms with Crippen LogP contribution < -0.4 is 15.2 Å². The lowest BCUT2D eigenvalue weighted by molar-refractivity contribution is 0.208. The van der Waals surface area contributed by atoms with E-state index in [-0.39, 0.29) is 16.7 Å². The van der Waals surface area contributed by atoms with Crippen LogP contribution in [-0.4, -0.2) is 27.7 Å². The molecule has 0 aliphatic rings. The summed E-state index contributed by atoms with van der Waals surface area (Å²) >= 11 is 5.95. The molecule has 0 bridgehead atoms. The number of fused-ring (bicyclic) bond motifs is 1. The molecule has 0 unspecified atom stereocenters. The lowest BCUT2D eigenvalue weighted by Gasteiger charge is -2.17. The number of nitrogens with two attached hydrogens (primary N) is 1. The van der Waals surface area contributed by atoms with Gasteiger partial charge in [-0.05, 0) is 37.1 Å². The summed E-state index contributed by atoms with van der Waals surface area (Å²) in [5.74, 6) is 0.571. The highest BCUT2D eigenvalue weighted by atomic mass is 35.5. The molecule has 2 heterocycles. The zero-order chi connectivity index (χ0) is 19.0. The molecule has 0 fully saturated rings. The van der Waals surface area contributed by atoms with Gasteiger partial charge in [-0.1, -0.05) is 6.07 Å². The molecule has 3 rings (SSSR count). The first-order valence-electron chi connectivity index (χ1n) is 7.48. The Bertz CT molecular complexity index is 1080. The van der Waals surface area contributed by atoms with E-state index in [9.17, 15) is 10.1 Å². The van der Waals surface area contributed by atoms with Gasteiger partial charge >= 0.3 is 6.09 Å². The van der Waals surface area contributed by atoms with Crippen molar-refractivity contribution in [3.63, 3.8) is 0 Å². The van der Waals surface area contributed by atoms with Gasteiger partial charge in [-0.15, -0.1) is 0 Å². The van der Waals surface area contributed by atoms with Crippen LogP contribution in [0.4, 0.5) is 4.79 Å². The van der Waals surface area contributed by atoms with Gasteiger partial charge in [0.2, 0.25) is 11.2 Å². The van der Waals surface area contributed by atoms with Crippen molar-refractivity contribution in [1.29, 1.82) is 5.26 Å². The smallest absolute Gasteiger partial charge is 0.411 e. The number of rotatable bonds is 3. The van der Waals surface area contributed by atoms with Crippen LogP contribution >= 0.6 is 11.6 Å². The third kappa shape index (κ3) is 2.68. The van der Waals surface area contributed by atoms with Crippen molar-refractivity contribution in [2.24, 2.45) is 5.73 Å². The minimum atomic E-state index is -1.05. The highest BCUT2D eigenvalue weighted by Gasteiger charge is 2.26. The van der Waals surface area contributed by atoms with E-state index >= 15 is 0 Å². The van der Waals surface area contributed by atoms with Crippen LogP contribution in [0.25, 0.3) is 16.7 Å². The summed E-state index contributed by atoms with van der Waals surface area (Å²) in [5.41, 5.74) is 7.85. The van der Waals surface area contributed by atoms with E-state index < -0.39 is 6.09 Å². The Morgan fingerprint density at radius 2 is 2.12 bits per heavy atom. The molecule has 3 aromatic rings. The number of carbonyl (C=O) groups is 1. The van der Waals surface area contributed by atoms with Gasteiger partial charge < -0.3 is 15.2 Å². The van der Waals surface area contributed by atoms with Crippen LogP contribution in [0, 0.1) is 25.2 Å². The molecule has 0 saturated carbocycles. The number of hydrogen-bond donors (Lipinski definition) is 1. The molecule has 8 nitrogen and oxygen atoms in total. The van der Waals surface area contributed by atoms with Crippen LogP contribution in [-0.2, 0) is 0 Å². The van der Waals surface area contributed by atoms with E-state index in [2.05, 4.69) is 9.97 Å². The van der Waals surface area contributed by atoms with E-state index in [0.29, 0.717) is 22.5 Å². The number of aromatic nitrogens is 3. The maximum Gasteiger partial charge on any atom is 0.411 e. The van der Waals surface area contributed by atoms with Gasteiger partial charge in [-0.25, -0.2) is 9.78 Å². The fraction of sp³-hybridized carbons (Fsp3) is 0.176. The zero-order valence-corrected chi connectivity index (χ0v) is 15.0. The number of halogens is 1. The number of carbonyl (C=O) groups excluding carboxylic acids is 1. The maximum absolute atomic E-state index is 11.4. The molecule has 2 aromatic heterocycles. The number of nitrogens with zero attached hydrogens (tertiary/aromatic N) is 4. The number of hydrogen-bond acceptors (Lipinski definition) is 6. The van der Waals surface area contributed by atoms with Crippen LogP contribution in [0.1, 0.15) is 16.7 Å². The first kappa shape index (κ1) is 17.5. The van der Waals surface area contributed by atoms with E-state index in [1.165, 1.54) is 10.8 Å². The van der Waals surface area contributed by atoms with Gasteiger partial charge in [0.05, 0.1) is 18.2 Å². The van der Waals surface area contributed by atoms with Crippen LogP contribution in [0.5, 0.6) is 11.6 Å². The number of amides is 1. The van der Waals surface area contributed by atoms with Crippen molar-refractivity contribution in [3.05, 3.63) is 40.3 Å². The summed E-state index contributed by atoms with van der Waals surface area (Å²) in [4.78, 5) is 19.6. The van der Waals surface area contributed by atoms with E-state index in [4.69, 9.17) is 26.8 Å². The van der Waals surface area contributed by atoms with Gasteiger partial charge in [0.1, 0.15) is 17.4 Å². The highest BCUT2D eigenvalue weighted by molar-refractivity contribution is 6.28. The first-order chi connectivity index (χ1) is 12.4. The normalized spacial score (nSPS) is 10.6. The predicted molar refractivity (Wildman–Crippen MR) is 94.8 cm³/mol. The minimum absolute atomic E-state index is 0.00966. The molecule has 1 aromatic carbocycles. The summed E-state index contributed by atoms with van der Waals surface area (Å²) in [6, 6.07) is 5.68. The molecular formula is C17H14ClN5O3. The number of methoxy groups -OCH3 is 1. The maximum atomic E-state index is 11.4. The predicted octanol–water partition coefficient (Wildman–Crippen LogP) is 3.03. The molecule has 0 saturated heterocycles. The number of benzene rings is 1. The van der Waals surface area contributed by atoms with Gasteiger partial charge in [-0.3, -0.25) is 4.57 Å². The highest BCUT2D eigenvalue weighted by Crippen LogP contribution is 2.38. The molecular weight excluding hydrogens is 358 g/mol. The Kier molecular flexibility index (Phi) is 4.40. The Morgan fingerprint density at radius 1 is 1.38 bits per heavy atom. The van der Waals surface area contributed by atoms with Crippen LogP contribution in [0.2, 0.25) is 5.28 Å². The minimum Gasteiger partial charge on any atom is -0.496 e. The van der Waals surface area contributed by atoms with Crippen molar-refractivity contribution >= 4 is 28.7 Å². The second-order valence-electron chi connectivity index (χ2n) is 5.48. The summed E-state index contributed by atoms with van der Waals surface area (Å²) in [5, 5.41) is 9.96. The molecule has 0 atom stereocenters. The molecule has 26 heavy (non-hydrogen) atoms. The van der Waals surface area contributed by atoms with Crippen molar-refractivity contribution < 1.29 is 14.3 Å². The van der Waals surface area contributed by atoms with Crippen molar-refractivity contribution in [1.82, 2.24) is 14.5 Å². The fourth-order valence-corrected chi connectivity index (χ4v) is 3.04. The Morgan fingerprint density at radius 3 is 2.73 bits per heavy atom. The zero-order valence-electron chi connectivity index (χ0n) is 14.2. The van der Waals surface area contributed by atoms with Gasteiger partial charge in [0.15, 0.2) is 5.65 Å². The lowest BCUT2D eigenvalue weighted by atomic mass is 10.1. The summed E-state index contributed by atoms with van der Waals surface area (Å²) in [7, 11) is 1.55. The van der Waals surface area contributed by atoms with Gasteiger partial charge in [0, 0.05) is 11.8 Å². The molecule has 1 amide bonds. The monoisotopic (exact) mass is 371 g/mol. The van der Waals surface area contributed by atoms with Crippen molar-refractivity contribution in [2.45, 2.75) is 13.8 Å². The molecule has 2 N–H and O–H groups in total. The van der Waals surface area contributed by atoms with E-state index in [1.807, 2.05) is 32.0 Å². The van der Waals surface area contributed by atoms with Crippen molar-refractivity contribution in [2.75, 3.05) is 7.11 Å². The second-order valence-corrected chi connectivity index (χ2v) is 5.82. The third-order valence-electron chi connectivity index (χ3n) is 3.97. The largest absolute Gasteiger partial charge is 0.496 e. The Labute approximate surface area is 153 Å². The fourth-order valence-electron chi connectivity index (χ4n) is 2.91. The standard InChI is InChI=1S/C17H14ClN5O3/c1-8-4-5-12(25-3)9(2)13(8)23-14-11(7-21-16(18)22-14)10(6-19)15(23)26-17(20)24/h4-5,7H,1-3H3,(H2,20,24). The Balaban J connectivity index is 2.52. The topological polar surface area (TPSA) is 116 Å². The first-order valence-corrected chi connectivity index (χ1v) is 7.85. The molecule has 0 radical (unpaired) electrons. The second kappa shape index (κ2) is 6.54. The Hall–Kier alpha value is -3.31. The van der Waals surface area contributed by atoms with Gasteiger partial charge in [-0.2, -0.15) is 10.2 Å². The lowest BCUT2D eigenvalue weighted by Crippen LogP contribution is -2.19. The number of nitriles is 1. The van der Waals surface area contributed by atoms with Crippen LogP contribution in [0.3, 0.4) is 0 Å². The number of ether oxygens (including phenoxy) is 2. The molecule has 0 aliphatic carbocycles. The number of primary amides is 1.